The molecule has 8 heteroatoms. The largest absolute Gasteiger partial charge is 0.389 e. The number of halogens is 2. The monoisotopic (exact) mass is 328 g/mol. The molecule has 1 aromatic rings. The second kappa shape index (κ2) is 7.47. The molecule has 0 radical (unpaired) electrons. The number of ether oxygens (including phenoxy) is 1. The predicted molar refractivity (Wildman–Crippen MR) is 76.7 cm³/mol. The number of benzene rings is 1. The minimum atomic E-state index is -1.14. The van der Waals surface area contributed by atoms with Crippen LogP contribution in [-0.2, 0) is 9.53 Å². The highest BCUT2D eigenvalue weighted by Gasteiger charge is 2.30. The van der Waals surface area contributed by atoms with Gasteiger partial charge in [0.2, 0.25) is 5.91 Å². The average Bonchev–Trinajstić information content (AvgIpc) is 2.66. The van der Waals surface area contributed by atoms with Crippen molar-refractivity contribution in [3.63, 3.8) is 0 Å². The molecule has 1 aliphatic rings. The van der Waals surface area contributed by atoms with Crippen LogP contribution in [0.25, 0.3) is 0 Å². The standard InChI is InChI=1S/C15H18F2N2O4/c1-23-5-4-18-7-11(20)8-19(9-14(18)21)15(22)10-2-3-12(16)13(17)6-10/h2-3,6,11,20H,4-5,7-9H2,1H3. The van der Waals surface area contributed by atoms with Crippen molar-refractivity contribution in [3.8, 4) is 0 Å². The number of amides is 2. The highest BCUT2D eigenvalue weighted by atomic mass is 19.2. The molecule has 23 heavy (non-hydrogen) atoms. The van der Waals surface area contributed by atoms with E-state index in [1.54, 1.807) is 0 Å². The van der Waals surface area contributed by atoms with Crippen LogP contribution in [0.15, 0.2) is 18.2 Å². The first-order valence-electron chi connectivity index (χ1n) is 7.11. The number of methoxy groups -OCH3 is 1. The van der Waals surface area contributed by atoms with Crippen molar-refractivity contribution in [3.05, 3.63) is 35.4 Å². The Labute approximate surface area is 132 Å². The van der Waals surface area contributed by atoms with Crippen LogP contribution in [0.1, 0.15) is 10.4 Å². The van der Waals surface area contributed by atoms with Gasteiger partial charge in [-0.3, -0.25) is 9.59 Å². The van der Waals surface area contributed by atoms with E-state index in [0.717, 1.165) is 23.1 Å². The van der Waals surface area contributed by atoms with Gasteiger partial charge in [0.25, 0.3) is 5.91 Å². The maximum atomic E-state index is 13.3. The van der Waals surface area contributed by atoms with Gasteiger partial charge in [-0.1, -0.05) is 0 Å². The molecule has 1 aliphatic heterocycles. The highest BCUT2D eigenvalue weighted by molar-refractivity contribution is 5.96. The summed E-state index contributed by atoms with van der Waals surface area (Å²) in [6, 6.07) is 2.77. The Morgan fingerprint density at radius 2 is 2.09 bits per heavy atom. The van der Waals surface area contributed by atoms with E-state index in [0.29, 0.717) is 13.2 Å². The van der Waals surface area contributed by atoms with E-state index in [-0.39, 0.29) is 31.1 Å². The molecule has 1 heterocycles. The Bertz CT molecular complexity index is 597. The first kappa shape index (κ1) is 17.3. The number of hydrogen-bond acceptors (Lipinski definition) is 4. The third-order valence-electron chi connectivity index (χ3n) is 3.56. The van der Waals surface area contributed by atoms with Crippen molar-refractivity contribution >= 4 is 11.8 Å². The molecule has 2 rings (SSSR count). The van der Waals surface area contributed by atoms with Gasteiger partial charge in [0, 0.05) is 32.3 Å². The van der Waals surface area contributed by atoms with Gasteiger partial charge in [-0.25, -0.2) is 8.78 Å². The molecule has 0 aromatic heterocycles. The lowest BCUT2D eigenvalue weighted by atomic mass is 10.2. The van der Waals surface area contributed by atoms with Gasteiger partial charge >= 0.3 is 0 Å². The second-order valence-corrected chi connectivity index (χ2v) is 5.30. The van der Waals surface area contributed by atoms with Crippen LogP contribution in [0.3, 0.4) is 0 Å². The summed E-state index contributed by atoms with van der Waals surface area (Å²) >= 11 is 0. The Morgan fingerprint density at radius 3 is 2.74 bits per heavy atom. The fourth-order valence-electron chi connectivity index (χ4n) is 2.38. The van der Waals surface area contributed by atoms with Crippen LogP contribution in [0.2, 0.25) is 0 Å². The molecular weight excluding hydrogens is 310 g/mol. The van der Waals surface area contributed by atoms with Gasteiger partial charge in [0.15, 0.2) is 11.6 Å². The third-order valence-corrected chi connectivity index (χ3v) is 3.56. The van der Waals surface area contributed by atoms with Crippen LogP contribution < -0.4 is 0 Å². The quantitative estimate of drug-likeness (QED) is 0.861. The number of carbonyl (C=O) groups is 2. The molecule has 0 bridgehead atoms. The van der Waals surface area contributed by atoms with Crippen LogP contribution in [-0.4, -0.2) is 72.7 Å². The summed E-state index contributed by atoms with van der Waals surface area (Å²) in [5, 5.41) is 9.98. The molecule has 1 N–H and O–H groups in total. The lowest BCUT2D eigenvalue weighted by Gasteiger charge is -2.21. The second-order valence-electron chi connectivity index (χ2n) is 5.30. The molecule has 6 nitrogen and oxygen atoms in total. The van der Waals surface area contributed by atoms with Crippen LogP contribution >= 0.6 is 0 Å². The maximum absolute atomic E-state index is 13.3. The Hall–Kier alpha value is -2.06. The van der Waals surface area contributed by atoms with E-state index in [4.69, 9.17) is 4.74 Å². The van der Waals surface area contributed by atoms with E-state index in [1.807, 2.05) is 0 Å². The molecule has 1 atom stereocenters. The number of aliphatic hydroxyl groups is 1. The zero-order valence-corrected chi connectivity index (χ0v) is 12.7. The number of carbonyl (C=O) groups excluding carboxylic acids is 2. The van der Waals surface area contributed by atoms with Crippen LogP contribution in [0.5, 0.6) is 0 Å². The minimum absolute atomic E-state index is 0.0624. The predicted octanol–water partition coefficient (Wildman–Crippen LogP) is 0.257. The summed E-state index contributed by atoms with van der Waals surface area (Å²) in [4.78, 5) is 27.1. The zero-order chi connectivity index (χ0) is 17.0. The topological polar surface area (TPSA) is 70.1 Å². The zero-order valence-electron chi connectivity index (χ0n) is 12.7. The number of β-amino-alcohol motifs (C(OH)–C–C–N with tert-alkyl or cyclic N) is 1. The SMILES string of the molecule is COCCN1CC(O)CN(C(=O)c2ccc(F)c(F)c2)CC1=O. The highest BCUT2D eigenvalue weighted by Crippen LogP contribution is 2.13. The summed E-state index contributed by atoms with van der Waals surface area (Å²) in [5.41, 5.74) is -0.0748. The molecule has 126 valence electrons. The molecule has 1 fully saturated rings. The van der Waals surface area contributed by atoms with Crippen molar-refractivity contribution < 1.29 is 28.2 Å². The number of nitrogens with zero attached hydrogens (tertiary/aromatic N) is 2. The molecule has 1 aromatic carbocycles. The summed E-state index contributed by atoms with van der Waals surface area (Å²) in [6.07, 6.45) is -0.924. The van der Waals surface area contributed by atoms with Gasteiger partial charge < -0.3 is 19.6 Å². The Balaban J connectivity index is 2.14. The van der Waals surface area contributed by atoms with Gasteiger partial charge in [-0.2, -0.15) is 0 Å². The van der Waals surface area contributed by atoms with Crippen molar-refractivity contribution in [2.24, 2.45) is 0 Å². The summed E-state index contributed by atoms with van der Waals surface area (Å²) < 4.78 is 31.1. The third kappa shape index (κ3) is 4.23. The van der Waals surface area contributed by atoms with Gasteiger partial charge in [0.1, 0.15) is 6.54 Å². The first-order chi connectivity index (χ1) is 10.9. The molecule has 1 unspecified atom stereocenters. The molecular formula is C15H18F2N2O4. The summed E-state index contributed by atoms with van der Waals surface area (Å²) in [5.74, 6) is -3.17. The van der Waals surface area contributed by atoms with Gasteiger partial charge in [0.05, 0.1) is 12.7 Å². The van der Waals surface area contributed by atoms with E-state index >= 15 is 0 Å². The van der Waals surface area contributed by atoms with Crippen molar-refractivity contribution in [2.75, 3.05) is 39.9 Å². The van der Waals surface area contributed by atoms with Crippen molar-refractivity contribution in [1.29, 1.82) is 0 Å². The van der Waals surface area contributed by atoms with Crippen molar-refractivity contribution in [2.45, 2.75) is 6.10 Å². The molecule has 2 amide bonds. The van der Waals surface area contributed by atoms with Crippen LogP contribution in [0, 0.1) is 11.6 Å². The normalized spacial score (nSPS) is 19.0. The fraction of sp³-hybridized carbons (Fsp3) is 0.467. The van der Waals surface area contributed by atoms with Crippen molar-refractivity contribution in [1.82, 2.24) is 9.80 Å². The number of aliphatic hydroxyl groups excluding tert-OH is 1. The average molecular weight is 328 g/mol. The van der Waals surface area contributed by atoms with E-state index < -0.39 is 23.6 Å². The lowest BCUT2D eigenvalue weighted by molar-refractivity contribution is -0.131. The molecule has 1 saturated heterocycles. The fourth-order valence-corrected chi connectivity index (χ4v) is 2.38. The van der Waals surface area contributed by atoms with Gasteiger partial charge in [-0.05, 0) is 18.2 Å². The van der Waals surface area contributed by atoms with E-state index in [9.17, 15) is 23.5 Å². The molecule has 0 spiro atoms. The summed E-state index contributed by atoms with van der Waals surface area (Å²) in [7, 11) is 1.50. The smallest absolute Gasteiger partial charge is 0.254 e. The number of hydrogen-bond donors (Lipinski definition) is 1. The lowest BCUT2D eigenvalue weighted by Crippen LogP contribution is -2.40. The van der Waals surface area contributed by atoms with E-state index in [2.05, 4.69) is 0 Å². The Morgan fingerprint density at radius 1 is 1.35 bits per heavy atom. The molecule has 0 saturated carbocycles. The molecule has 0 aliphatic carbocycles. The van der Waals surface area contributed by atoms with Crippen LogP contribution in [0.4, 0.5) is 8.78 Å². The summed E-state index contributed by atoms with van der Waals surface area (Å²) in [6.45, 7) is 0.407. The van der Waals surface area contributed by atoms with E-state index in [1.165, 1.54) is 12.0 Å². The Kier molecular flexibility index (Phi) is 5.62. The minimum Gasteiger partial charge on any atom is -0.389 e. The maximum Gasteiger partial charge on any atom is 0.254 e. The van der Waals surface area contributed by atoms with Gasteiger partial charge in [-0.15, -0.1) is 0 Å². The number of rotatable bonds is 4. The first-order valence-corrected chi connectivity index (χ1v) is 7.11.